The Morgan fingerprint density at radius 2 is 2.00 bits per heavy atom. The number of hydrogen-bond donors (Lipinski definition) is 3. The molecule has 2 aliphatic heterocycles. The zero-order valence-electron chi connectivity index (χ0n) is 15.4. The van der Waals surface area contributed by atoms with Gasteiger partial charge in [-0.1, -0.05) is 25.0 Å². The second kappa shape index (κ2) is 7.60. The minimum Gasteiger partial charge on any atom is -0.368 e. The molecule has 7 heteroatoms. The number of carbonyl (C=O) groups excluding carboxylic acids is 1. The molecule has 1 aromatic rings. The number of carbonyl (C=O) groups is 1. The lowest BCUT2D eigenvalue weighted by molar-refractivity contribution is -0.118. The fourth-order valence-electron chi connectivity index (χ4n) is 3.74. The molecule has 1 aliphatic carbocycles. The molecule has 142 valence electrons. The minimum atomic E-state index is -0.354. The number of hydrogen-bond acceptors (Lipinski definition) is 6. The number of fused-ring (bicyclic) bond motifs is 1. The van der Waals surface area contributed by atoms with Gasteiger partial charge in [-0.2, -0.15) is 0 Å². The quantitative estimate of drug-likeness (QED) is 0.656. The van der Waals surface area contributed by atoms with Crippen molar-refractivity contribution in [2.45, 2.75) is 36.6 Å². The fourth-order valence-corrected chi connectivity index (χ4v) is 4.15. The maximum atomic E-state index is 11.3. The summed E-state index contributed by atoms with van der Waals surface area (Å²) in [5, 5.41) is 7.27. The molecular formula is C20H25N5OS. The molecule has 1 aromatic carbocycles. The van der Waals surface area contributed by atoms with Crippen LogP contribution in [-0.2, 0) is 4.79 Å². The normalized spacial score (nSPS) is 19.2. The van der Waals surface area contributed by atoms with Crippen LogP contribution >= 0.6 is 11.8 Å². The molecule has 2 heterocycles. The third-order valence-electron chi connectivity index (χ3n) is 5.10. The van der Waals surface area contributed by atoms with Gasteiger partial charge >= 0.3 is 0 Å². The molecule has 0 bridgehead atoms. The number of thioether (sulfide) groups is 1. The highest BCUT2D eigenvalue weighted by Gasteiger charge is 2.31. The summed E-state index contributed by atoms with van der Waals surface area (Å²) in [7, 11) is 0. The van der Waals surface area contributed by atoms with E-state index in [0.717, 1.165) is 22.9 Å². The molecule has 0 radical (unpaired) electrons. The smallest absolute Gasteiger partial charge is 0.237 e. The monoisotopic (exact) mass is 383 g/mol. The highest BCUT2D eigenvalue weighted by Crippen LogP contribution is 2.33. The molecule has 0 saturated heterocycles. The van der Waals surface area contributed by atoms with Crippen LogP contribution in [-0.4, -0.2) is 34.5 Å². The van der Waals surface area contributed by atoms with Crippen molar-refractivity contribution in [2.24, 2.45) is 5.73 Å². The van der Waals surface area contributed by atoms with Gasteiger partial charge in [0.25, 0.3) is 0 Å². The van der Waals surface area contributed by atoms with Crippen LogP contribution in [0.3, 0.4) is 0 Å². The molecule has 0 aromatic heterocycles. The van der Waals surface area contributed by atoms with Crippen molar-refractivity contribution in [3.05, 3.63) is 60.1 Å². The predicted molar refractivity (Wildman–Crippen MR) is 109 cm³/mol. The summed E-state index contributed by atoms with van der Waals surface area (Å²) in [5.74, 6) is 1.64. The second-order valence-corrected chi connectivity index (χ2v) is 7.90. The summed E-state index contributed by atoms with van der Waals surface area (Å²) in [4.78, 5) is 16.4. The molecule has 4 N–H and O–H groups in total. The van der Waals surface area contributed by atoms with E-state index in [4.69, 9.17) is 5.73 Å². The first-order valence-corrected chi connectivity index (χ1v) is 10.5. The van der Waals surface area contributed by atoms with E-state index < -0.39 is 0 Å². The molecule has 0 unspecified atom stereocenters. The molecule has 0 atom stereocenters. The number of nitrogens with one attached hydrogen (secondary N) is 2. The number of rotatable bonds is 6. The van der Waals surface area contributed by atoms with Crippen LogP contribution in [0.1, 0.15) is 31.2 Å². The number of benzene rings is 1. The molecule has 4 rings (SSSR count). The van der Waals surface area contributed by atoms with E-state index >= 15 is 0 Å². The molecule has 6 nitrogen and oxygen atoms in total. The molecule has 3 aliphatic rings. The van der Waals surface area contributed by atoms with Gasteiger partial charge in [-0.3, -0.25) is 9.69 Å². The van der Waals surface area contributed by atoms with Crippen LogP contribution in [0.15, 0.2) is 59.4 Å². The number of amides is 1. The van der Waals surface area contributed by atoms with E-state index in [-0.39, 0.29) is 12.5 Å². The van der Waals surface area contributed by atoms with Gasteiger partial charge in [-0.15, -0.1) is 11.8 Å². The Morgan fingerprint density at radius 1 is 1.26 bits per heavy atom. The van der Waals surface area contributed by atoms with Crippen LogP contribution in [0.5, 0.6) is 0 Å². The minimum absolute atomic E-state index is 0.165. The third-order valence-corrected chi connectivity index (χ3v) is 5.84. The Labute approximate surface area is 164 Å². The molecular weight excluding hydrogens is 358 g/mol. The van der Waals surface area contributed by atoms with Crippen molar-refractivity contribution in [1.82, 2.24) is 20.4 Å². The first kappa shape index (κ1) is 17.9. The fraction of sp³-hybridized carbons (Fsp3) is 0.350. The van der Waals surface area contributed by atoms with E-state index in [0.29, 0.717) is 6.04 Å². The van der Waals surface area contributed by atoms with Crippen molar-refractivity contribution < 1.29 is 4.79 Å². The van der Waals surface area contributed by atoms with Gasteiger partial charge in [0.15, 0.2) is 0 Å². The Morgan fingerprint density at radius 3 is 2.67 bits per heavy atom. The summed E-state index contributed by atoms with van der Waals surface area (Å²) in [6.07, 6.45) is 12.8. The maximum Gasteiger partial charge on any atom is 0.237 e. The van der Waals surface area contributed by atoms with Gasteiger partial charge in [0, 0.05) is 35.1 Å². The van der Waals surface area contributed by atoms with Crippen molar-refractivity contribution in [2.75, 3.05) is 12.8 Å². The van der Waals surface area contributed by atoms with Gasteiger partial charge in [0.1, 0.15) is 18.2 Å². The van der Waals surface area contributed by atoms with Crippen molar-refractivity contribution in [3.63, 3.8) is 0 Å². The summed E-state index contributed by atoms with van der Waals surface area (Å²) in [5.41, 5.74) is 7.54. The summed E-state index contributed by atoms with van der Waals surface area (Å²) >= 11 is 1.74. The van der Waals surface area contributed by atoms with E-state index in [9.17, 15) is 4.79 Å². The summed E-state index contributed by atoms with van der Waals surface area (Å²) in [6, 6.07) is 9.08. The largest absolute Gasteiger partial charge is 0.368 e. The van der Waals surface area contributed by atoms with Gasteiger partial charge < -0.3 is 21.3 Å². The van der Waals surface area contributed by atoms with Crippen LogP contribution in [0.4, 0.5) is 0 Å². The SMILES string of the molecule is CSc1ccc(C2=C(NC3CCCC3)N3C=CN(CC(N)=O)C=C3N2)cc1. The predicted octanol–water partition coefficient (Wildman–Crippen LogP) is 2.54. The lowest BCUT2D eigenvalue weighted by Gasteiger charge is -2.28. The lowest BCUT2D eigenvalue weighted by Crippen LogP contribution is -2.35. The standard InChI is InChI=1S/C20H25N5OS/c1-27-16-8-6-14(7-9-16)19-20(22-15-4-2-3-5-15)25-11-10-24(12-17(21)26)13-18(25)23-19/h6-11,13,15,22-23H,2-5,12H2,1H3,(H2,21,26). The van der Waals surface area contributed by atoms with Crippen LogP contribution in [0, 0.1) is 0 Å². The highest BCUT2D eigenvalue weighted by molar-refractivity contribution is 7.98. The Hall–Kier alpha value is -2.54. The maximum absolute atomic E-state index is 11.3. The van der Waals surface area contributed by atoms with E-state index in [1.54, 1.807) is 16.7 Å². The topological polar surface area (TPSA) is 73.6 Å². The zero-order valence-corrected chi connectivity index (χ0v) is 16.3. The lowest BCUT2D eigenvalue weighted by atomic mass is 10.1. The van der Waals surface area contributed by atoms with Crippen molar-refractivity contribution in [3.8, 4) is 0 Å². The number of nitrogens with two attached hydrogens (primary N) is 1. The van der Waals surface area contributed by atoms with E-state index in [2.05, 4.69) is 46.1 Å². The van der Waals surface area contributed by atoms with Crippen molar-refractivity contribution >= 4 is 23.4 Å². The van der Waals surface area contributed by atoms with Gasteiger partial charge in [0.05, 0.1) is 5.70 Å². The van der Waals surface area contributed by atoms with Crippen LogP contribution in [0.2, 0.25) is 0 Å². The molecule has 1 fully saturated rings. The first-order chi connectivity index (χ1) is 13.1. The van der Waals surface area contributed by atoms with Crippen molar-refractivity contribution in [1.29, 1.82) is 0 Å². The van der Waals surface area contributed by atoms with Crippen LogP contribution < -0.4 is 16.4 Å². The Balaban J connectivity index is 1.65. The van der Waals surface area contributed by atoms with Gasteiger partial charge in [-0.05, 0) is 31.2 Å². The average Bonchev–Trinajstić information content (AvgIpc) is 3.30. The number of nitrogens with zero attached hydrogens (tertiary/aromatic N) is 2. The molecule has 0 spiro atoms. The molecule has 1 amide bonds. The molecule has 27 heavy (non-hydrogen) atoms. The summed E-state index contributed by atoms with van der Waals surface area (Å²) in [6.45, 7) is 0.165. The average molecular weight is 384 g/mol. The van der Waals surface area contributed by atoms with Crippen LogP contribution in [0.25, 0.3) is 5.70 Å². The Kier molecular flexibility index (Phi) is 5.03. The first-order valence-electron chi connectivity index (χ1n) is 9.30. The van der Waals surface area contributed by atoms with Gasteiger partial charge in [-0.25, -0.2) is 0 Å². The van der Waals surface area contributed by atoms with Gasteiger partial charge in [0.2, 0.25) is 5.91 Å². The number of primary amides is 1. The highest BCUT2D eigenvalue weighted by atomic mass is 32.2. The zero-order chi connectivity index (χ0) is 18.8. The second-order valence-electron chi connectivity index (χ2n) is 7.02. The summed E-state index contributed by atoms with van der Waals surface area (Å²) < 4.78 is 0. The van der Waals surface area contributed by atoms with E-state index in [1.165, 1.54) is 30.6 Å². The Bertz CT molecular complexity index is 808. The van der Waals surface area contributed by atoms with E-state index in [1.807, 2.05) is 18.6 Å². The third kappa shape index (κ3) is 3.78. The molecule has 1 saturated carbocycles.